The zero-order valence-electron chi connectivity index (χ0n) is 14.8. The average molecular weight is 388 g/mol. The van der Waals surface area contributed by atoms with Crippen molar-refractivity contribution in [1.82, 2.24) is 4.90 Å². The first-order valence-electron chi connectivity index (χ1n) is 9.13. The standard InChI is InChI=1S/C20H21FN2O3S/c21-17-9-7-15(8-10-17)19-6-2-11-22(19)20(24)16-4-1-5-18(14-16)23-12-3-13-27(23,25)26/h1,4-5,7-10,14,19H,2-3,6,11-13H2. The Morgan fingerprint density at radius 3 is 2.52 bits per heavy atom. The van der Waals surface area contributed by atoms with E-state index in [-0.39, 0.29) is 23.5 Å². The Kier molecular flexibility index (Phi) is 4.63. The third kappa shape index (κ3) is 3.43. The average Bonchev–Trinajstić information content (AvgIpc) is 3.28. The number of sulfonamides is 1. The Hall–Kier alpha value is -2.41. The van der Waals surface area contributed by atoms with Crippen LogP contribution in [0.1, 0.15) is 41.2 Å². The second kappa shape index (κ2) is 6.96. The van der Waals surface area contributed by atoms with Crippen LogP contribution in [0.3, 0.4) is 0 Å². The van der Waals surface area contributed by atoms with Gasteiger partial charge in [-0.25, -0.2) is 12.8 Å². The molecule has 2 aromatic carbocycles. The highest BCUT2D eigenvalue weighted by Gasteiger charge is 2.32. The summed E-state index contributed by atoms with van der Waals surface area (Å²) in [4.78, 5) is 14.9. The van der Waals surface area contributed by atoms with E-state index in [1.165, 1.54) is 16.4 Å². The van der Waals surface area contributed by atoms with Crippen LogP contribution < -0.4 is 4.31 Å². The van der Waals surface area contributed by atoms with Crippen molar-refractivity contribution in [3.63, 3.8) is 0 Å². The fourth-order valence-corrected chi connectivity index (χ4v) is 5.49. The van der Waals surface area contributed by atoms with Gasteiger partial charge in [-0.1, -0.05) is 18.2 Å². The van der Waals surface area contributed by atoms with E-state index in [9.17, 15) is 17.6 Å². The predicted molar refractivity (Wildman–Crippen MR) is 102 cm³/mol. The molecule has 2 heterocycles. The first kappa shape index (κ1) is 18.0. The van der Waals surface area contributed by atoms with Crippen LogP contribution in [0.4, 0.5) is 10.1 Å². The molecule has 142 valence electrons. The molecule has 0 aliphatic carbocycles. The highest BCUT2D eigenvalue weighted by molar-refractivity contribution is 7.93. The molecule has 1 amide bonds. The van der Waals surface area contributed by atoms with Gasteiger partial charge in [0.2, 0.25) is 10.0 Å². The van der Waals surface area contributed by atoms with E-state index < -0.39 is 10.0 Å². The van der Waals surface area contributed by atoms with Crippen molar-refractivity contribution >= 4 is 21.6 Å². The summed E-state index contributed by atoms with van der Waals surface area (Å²) in [5.74, 6) is -0.279. The lowest BCUT2D eigenvalue weighted by Gasteiger charge is -2.26. The van der Waals surface area contributed by atoms with E-state index in [0.717, 1.165) is 18.4 Å². The number of amides is 1. The Morgan fingerprint density at radius 2 is 1.81 bits per heavy atom. The van der Waals surface area contributed by atoms with Gasteiger partial charge < -0.3 is 4.90 Å². The van der Waals surface area contributed by atoms with E-state index in [0.29, 0.717) is 30.8 Å². The van der Waals surface area contributed by atoms with Gasteiger partial charge in [-0.2, -0.15) is 0 Å². The lowest BCUT2D eigenvalue weighted by atomic mass is 10.0. The van der Waals surface area contributed by atoms with Crippen LogP contribution in [-0.4, -0.2) is 38.1 Å². The van der Waals surface area contributed by atoms with E-state index in [1.807, 2.05) is 0 Å². The third-order valence-corrected chi connectivity index (χ3v) is 7.12. The molecule has 4 rings (SSSR count). The number of hydrogen-bond acceptors (Lipinski definition) is 3. The smallest absolute Gasteiger partial charge is 0.254 e. The highest BCUT2D eigenvalue weighted by Crippen LogP contribution is 2.34. The molecule has 0 bridgehead atoms. The second-order valence-corrected chi connectivity index (χ2v) is 9.01. The van der Waals surface area contributed by atoms with Crippen molar-refractivity contribution in [2.24, 2.45) is 0 Å². The lowest BCUT2D eigenvalue weighted by molar-refractivity contribution is 0.0735. The molecule has 2 aromatic rings. The van der Waals surface area contributed by atoms with Crippen LogP contribution >= 0.6 is 0 Å². The Labute approximate surface area is 158 Å². The summed E-state index contributed by atoms with van der Waals surface area (Å²) in [5.41, 5.74) is 1.93. The number of carbonyl (C=O) groups is 1. The summed E-state index contributed by atoms with van der Waals surface area (Å²) >= 11 is 0. The van der Waals surface area contributed by atoms with Crippen molar-refractivity contribution in [3.05, 3.63) is 65.5 Å². The van der Waals surface area contributed by atoms with Gasteiger partial charge in [-0.3, -0.25) is 9.10 Å². The van der Waals surface area contributed by atoms with Crippen LogP contribution in [0.15, 0.2) is 48.5 Å². The predicted octanol–water partition coefficient (Wildman–Crippen LogP) is 3.34. The molecule has 5 nitrogen and oxygen atoms in total. The summed E-state index contributed by atoms with van der Waals surface area (Å²) < 4.78 is 38.9. The van der Waals surface area contributed by atoms with Gasteiger partial charge in [0.25, 0.3) is 5.91 Å². The number of halogens is 1. The monoisotopic (exact) mass is 388 g/mol. The molecule has 2 saturated heterocycles. The summed E-state index contributed by atoms with van der Waals surface area (Å²) in [6, 6.07) is 13.0. The number of carbonyl (C=O) groups excluding carboxylic acids is 1. The molecule has 0 N–H and O–H groups in total. The van der Waals surface area contributed by atoms with Crippen LogP contribution in [0.5, 0.6) is 0 Å². The fourth-order valence-electron chi connectivity index (χ4n) is 3.93. The normalized spacial score (nSPS) is 21.6. The van der Waals surface area contributed by atoms with E-state index in [2.05, 4.69) is 0 Å². The third-order valence-electron chi connectivity index (χ3n) is 5.25. The van der Waals surface area contributed by atoms with E-state index in [4.69, 9.17) is 0 Å². The zero-order valence-corrected chi connectivity index (χ0v) is 15.7. The molecule has 2 fully saturated rings. The maximum Gasteiger partial charge on any atom is 0.254 e. The van der Waals surface area contributed by atoms with Gasteiger partial charge in [0, 0.05) is 18.7 Å². The van der Waals surface area contributed by atoms with Crippen LogP contribution in [0.2, 0.25) is 0 Å². The lowest BCUT2D eigenvalue weighted by Crippen LogP contribution is -2.31. The van der Waals surface area contributed by atoms with Gasteiger partial charge >= 0.3 is 0 Å². The minimum atomic E-state index is -3.29. The molecule has 0 aromatic heterocycles. The topological polar surface area (TPSA) is 57.7 Å². The van der Waals surface area contributed by atoms with Crippen molar-refractivity contribution in [1.29, 1.82) is 0 Å². The highest BCUT2D eigenvalue weighted by atomic mass is 32.2. The van der Waals surface area contributed by atoms with Crippen LogP contribution in [-0.2, 0) is 10.0 Å². The molecule has 2 aliphatic heterocycles. The van der Waals surface area contributed by atoms with Crippen molar-refractivity contribution in [2.75, 3.05) is 23.1 Å². The molecule has 1 atom stereocenters. The molecule has 0 spiro atoms. The molecule has 1 unspecified atom stereocenters. The fraction of sp³-hybridized carbons (Fsp3) is 0.350. The quantitative estimate of drug-likeness (QED) is 0.810. The van der Waals surface area contributed by atoms with Crippen molar-refractivity contribution < 1.29 is 17.6 Å². The number of rotatable bonds is 3. The van der Waals surface area contributed by atoms with Gasteiger partial charge in [0.15, 0.2) is 0 Å². The van der Waals surface area contributed by atoms with Crippen molar-refractivity contribution in [3.8, 4) is 0 Å². The first-order valence-corrected chi connectivity index (χ1v) is 10.7. The van der Waals surface area contributed by atoms with E-state index in [1.54, 1.807) is 41.3 Å². The van der Waals surface area contributed by atoms with Crippen LogP contribution in [0.25, 0.3) is 0 Å². The van der Waals surface area contributed by atoms with Gasteiger partial charge in [-0.15, -0.1) is 0 Å². The molecular weight excluding hydrogens is 367 g/mol. The Morgan fingerprint density at radius 1 is 1.04 bits per heavy atom. The number of likely N-dealkylation sites (tertiary alicyclic amines) is 1. The molecule has 0 saturated carbocycles. The minimum absolute atomic E-state index is 0.0859. The second-order valence-electron chi connectivity index (χ2n) is 7.00. The maximum atomic E-state index is 13.2. The molecule has 27 heavy (non-hydrogen) atoms. The number of benzene rings is 2. The molecule has 2 aliphatic rings. The molecular formula is C20H21FN2O3S. The van der Waals surface area contributed by atoms with Crippen LogP contribution in [0, 0.1) is 5.82 Å². The largest absolute Gasteiger partial charge is 0.332 e. The first-order chi connectivity index (χ1) is 13.0. The summed E-state index contributed by atoms with van der Waals surface area (Å²) in [6.45, 7) is 1.08. The van der Waals surface area contributed by atoms with Gasteiger partial charge in [0.1, 0.15) is 5.82 Å². The summed E-state index contributed by atoms with van der Waals surface area (Å²) in [6.07, 6.45) is 2.31. The Bertz CT molecular complexity index is 959. The molecule has 0 radical (unpaired) electrons. The number of hydrogen-bond donors (Lipinski definition) is 0. The summed E-state index contributed by atoms with van der Waals surface area (Å²) in [7, 11) is -3.29. The molecule has 7 heteroatoms. The number of anilines is 1. The summed E-state index contributed by atoms with van der Waals surface area (Å²) in [5, 5.41) is 0. The van der Waals surface area contributed by atoms with Gasteiger partial charge in [-0.05, 0) is 55.2 Å². The van der Waals surface area contributed by atoms with Crippen molar-refractivity contribution in [2.45, 2.75) is 25.3 Å². The van der Waals surface area contributed by atoms with Gasteiger partial charge in [0.05, 0.1) is 17.5 Å². The zero-order chi connectivity index (χ0) is 19.0. The SMILES string of the molecule is O=C(c1cccc(N2CCCS2(=O)=O)c1)N1CCCC1c1ccc(F)cc1. The Balaban J connectivity index is 1.61. The number of nitrogens with zero attached hydrogens (tertiary/aromatic N) is 2. The minimum Gasteiger partial charge on any atom is -0.332 e. The van der Waals surface area contributed by atoms with E-state index >= 15 is 0 Å². The maximum absolute atomic E-state index is 13.2.